The highest BCUT2D eigenvalue weighted by Crippen LogP contribution is 2.16. The summed E-state index contributed by atoms with van der Waals surface area (Å²) in [7, 11) is 7.77. The molecule has 138 valence electrons. The summed E-state index contributed by atoms with van der Waals surface area (Å²) >= 11 is 0. The van der Waals surface area contributed by atoms with Crippen molar-refractivity contribution in [2.45, 2.75) is 25.4 Å². The molecule has 1 saturated heterocycles. The topological polar surface area (TPSA) is 45.0 Å². The summed E-state index contributed by atoms with van der Waals surface area (Å²) in [5.41, 5.74) is 1.28. The summed E-state index contributed by atoms with van der Waals surface area (Å²) in [5.74, 6) is 0.949. The van der Waals surface area contributed by atoms with Crippen molar-refractivity contribution in [3.05, 3.63) is 24.0 Å². The van der Waals surface area contributed by atoms with Crippen LogP contribution in [0.25, 0.3) is 0 Å². The summed E-state index contributed by atoms with van der Waals surface area (Å²) in [6, 6.07) is 4.80. The quantitative estimate of drug-likeness (QED) is 0.392. The summed E-state index contributed by atoms with van der Waals surface area (Å²) in [4.78, 5) is 9.11. The van der Waals surface area contributed by atoms with Gasteiger partial charge >= 0.3 is 0 Å². The normalized spacial score (nSPS) is 18.5. The fourth-order valence-electron chi connectivity index (χ4n) is 3.20. The third kappa shape index (κ3) is 5.93. The van der Waals surface area contributed by atoms with E-state index in [1.54, 1.807) is 7.11 Å². The van der Waals surface area contributed by atoms with Gasteiger partial charge in [-0.2, -0.15) is 0 Å². The molecule has 1 aromatic rings. The van der Waals surface area contributed by atoms with E-state index in [-0.39, 0.29) is 24.0 Å². The molecule has 0 spiro atoms. The maximum absolute atomic E-state index is 5.21. The van der Waals surface area contributed by atoms with Gasteiger partial charge in [0.2, 0.25) is 0 Å². The van der Waals surface area contributed by atoms with Crippen LogP contribution >= 0.6 is 24.0 Å². The summed E-state index contributed by atoms with van der Waals surface area (Å²) in [5, 5.41) is 3.53. The minimum atomic E-state index is 0. The molecule has 24 heavy (non-hydrogen) atoms. The van der Waals surface area contributed by atoms with E-state index >= 15 is 0 Å². The molecule has 1 unspecified atom stereocenters. The number of guanidine groups is 1. The van der Waals surface area contributed by atoms with Crippen LogP contribution in [0.15, 0.2) is 23.3 Å². The smallest absolute Gasteiger partial charge is 0.193 e. The van der Waals surface area contributed by atoms with Crippen LogP contribution in [-0.4, -0.2) is 73.8 Å². The first-order chi connectivity index (χ1) is 11.2. The molecule has 0 amide bonds. The Labute approximate surface area is 163 Å². The molecule has 0 aromatic carbocycles. The monoisotopic (exact) mass is 449 g/mol. The molecular formula is C17H32IN5O. The lowest BCUT2D eigenvalue weighted by atomic mass is 10.2. The number of methoxy groups -OCH3 is 1. The number of hydrogen-bond donors (Lipinski definition) is 1. The van der Waals surface area contributed by atoms with Gasteiger partial charge in [0.1, 0.15) is 0 Å². The Morgan fingerprint density at radius 2 is 2.29 bits per heavy atom. The molecule has 0 radical (unpaired) electrons. The van der Waals surface area contributed by atoms with Crippen LogP contribution in [-0.2, 0) is 18.3 Å². The van der Waals surface area contributed by atoms with Crippen LogP contribution in [0.4, 0.5) is 0 Å². The SMILES string of the molecule is CN=C(NCC1CCCN1CCOC)N(C)Cc1cccn1C.I. The molecule has 1 aliphatic rings. The maximum atomic E-state index is 5.21. The number of aliphatic imine (C=N–C) groups is 1. The van der Waals surface area contributed by atoms with Gasteiger partial charge in [-0.1, -0.05) is 0 Å². The molecule has 6 nitrogen and oxygen atoms in total. The third-order valence-corrected chi connectivity index (χ3v) is 4.60. The van der Waals surface area contributed by atoms with Gasteiger partial charge in [0.25, 0.3) is 0 Å². The minimum Gasteiger partial charge on any atom is -0.383 e. The van der Waals surface area contributed by atoms with Gasteiger partial charge in [0, 0.05) is 59.3 Å². The second-order valence-corrected chi connectivity index (χ2v) is 6.22. The van der Waals surface area contributed by atoms with Gasteiger partial charge in [-0.05, 0) is 31.5 Å². The molecule has 1 fully saturated rings. The number of halogens is 1. The standard InChI is InChI=1S/C17H31N5O.HI/c1-18-17(21(3)14-16-8-5-9-20(16)2)19-13-15-7-6-10-22(15)11-12-23-4;/h5,8-9,15H,6-7,10-14H2,1-4H3,(H,18,19);1H. The van der Waals surface area contributed by atoms with Gasteiger partial charge in [-0.15, -0.1) is 24.0 Å². The number of nitrogens with zero attached hydrogens (tertiary/aromatic N) is 4. The lowest BCUT2D eigenvalue weighted by Gasteiger charge is -2.27. The number of aromatic nitrogens is 1. The molecule has 1 aromatic heterocycles. The Morgan fingerprint density at radius 3 is 2.92 bits per heavy atom. The van der Waals surface area contributed by atoms with E-state index in [0.29, 0.717) is 6.04 Å². The Balaban J connectivity index is 0.00000288. The van der Waals surface area contributed by atoms with Crippen LogP contribution in [0.3, 0.4) is 0 Å². The van der Waals surface area contributed by atoms with Crippen LogP contribution in [0.2, 0.25) is 0 Å². The highest BCUT2D eigenvalue weighted by molar-refractivity contribution is 14.0. The summed E-state index contributed by atoms with van der Waals surface area (Å²) in [6.45, 7) is 4.78. The lowest BCUT2D eigenvalue weighted by molar-refractivity contribution is 0.141. The number of likely N-dealkylation sites (tertiary alicyclic amines) is 1. The predicted octanol–water partition coefficient (Wildman–Crippen LogP) is 1.76. The van der Waals surface area contributed by atoms with E-state index in [1.807, 2.05) is 7.05 Å². The highest BCUT2D eigenvalue weighted by Gasteiger charge is 2.24. The van der Waals surface area contributed by atoms with Crippen LogP contribution in [0.5, 0.6) is 0 Å². The number of rotatable bonds is 7. The van der Waals surface area contributed by atoms with Crippen molar-refractivity contribution < 1.29 is 4.74 Å². The van der Waals surface area contributed by atoms with Crippen molar-refractivity contribution in [2.75, 3.05) is 47.4 Å². The van der Waals surface area contributed by atoms with E-state index in [1.165, 1.54) is 25.1 Å². The number of hydrogen-bond acceptors (Lipinski definition) is 3. The van der Waals surface area contributed by atoms with E-state index in [9.17, 15) is 0 Å². The molecule has 0 saturated carbocycles. The zero-order valence-corrected chi connectivity index (χ0v) is 17.7. The van der Waals surface area contributed by atoms with Crippen molar-refractivity contribution in [1.82, 2.24) is 19.7 Å². The Morgan fingerprint density at radius 1 is 1.50 bits per heavy atom. The summed E-state index contributed by atoms with van der Waals surface area (Å²) < 4.78 is 7.36. The predicted molar refractivity (Wildman–Crippen MR) is 110 cm³/mol. The first-order valence-electron chi connectivity index (χ1n) is 8.40. The molecular weight excluding hydrogens is 417 g/mol. The second-order valence-electron chi connectivity index (χ2n) is 6.22. The Bertz CT molecular complexity index is 505. The van der Waals surface area contributed by atoms with Crippen molar-refractivity contribution in [3.8, 4) is 0 Å². The third-order valence-electron chi connectivity index (χ3n) is 4.60. The van der Waals surface area contributed by atoms with Gasteiger partial charge in [-0.25, -0.2) is 0 Å². The molecule has 0 bridgehead atoms. The molecule has 0 aliphatic carbocycles. The largest absolute Gasteiger partial charge is 0.383 e. The van der Waals surface area contributed by atoms with Crippen LogP contribution in [0.1, 0.15) is 18.5 Å². The highest BCUT2D eigenvalue weighted by atomic mass is 127. The fraction of sp³-hybridized carbons (Fsp3) is 0.706. The molecule has 2 heterocycles. The average molecular weight is 449 g/mol. The van der Waals surface area contributed by atoms with Crippen LogP contribution in [0, 0.1) is 0 Å². The fourth-order valence-corrected chi connectivity index (χ4v) is 3.20. The molecule has 1 N–H and O–H groups in total. The number of aryl methyl sites for hydroxylation is 1. The van der Waals surface area contributed by atoms with E-state index in [0.717, 1.165) is 32.2 Å². The van der Waals surface area contributed by atoms with Crippen molar-refractivity contribution in [1.29, 1.82) is 0 Å². The van der Waals surface area contributed by atoms with E-state index in [4.69, 9.17) is 4.74 Å². The van der Waals surface area contributed by atoms with Crippen molar-refractivity contribution >= 4 is 29.9 Å². The second kappa shape index (κ2) is 10.9. The Hall–Kier alpha value is -0.800. The van der Waals surface area contributed by atoms with Gasteiger partial charge in [0.15, 0.2) is 5.96 Å². The zero-order chi connectivity index (χ0) is 16.7. The Kier molecular flexibility index (Phi) is 9.68. The van der Waals surface area contributed by atoms with Gasteiger partial charge in [0.05, 0.1) is 13.2 Å². The molecule has 1 aliphatic heterocycles. The van der Waals surface area contributed by atoms with Crippen LogP contribution < -0.4 is 5.32 Å². The lowest BCUT2D eigenvalue weighted by Crippen LogP contribution is -2.46. The van der Waals surface area contributed by atoms with E-state index < -0.39 is 0 Å². The maximum Gasteiger partial charge on any atom is 0.193 e. The summed E-state index contributed by atoms with van der Waals surface area (Å²) in [6.07, 6.45) is 4.59. The minimum absolute atomic E-state index is 0. The average Bonchev–Trinajstić information content (AvgIpc) is 3.15. The van der Waals surface area contributed by atoms with Gasteiger partial charge < -0.3 is 19.5 Å². The van der Waals surface area contributed by atoms with E-state index in [2.05, 4.69) is 57.1 Å². The number of ether oxygens (including phenoxy) is 1. The first-order valence-corrected chi connectivity index (χ1v) is 8.40. The van der Waals surface area contributed by atoms with Crippen molar-refractivity contribution in [2.24, 2.45) is 12.0 Å². The van der Waals surface area contributed by atoms with Gasteiger partial charge in [-0.3, -0.25) is 9.89 Å². The molecule has 7 heteroatoms. The zero-order valence-electron chi connectivity index (χ0n) is 15.4. The first kappa shape index (κ1) is 21.2. The molecule has 2 rings (SSSR count). The number of nitrogens with one attached hydrogen (secondary N) is 1. The van der Waals surface area contributed by atoms with Crippen molar-refractivity contribution in [3.63, 3.8) is 0 Å². The molecule has 1 atom stereocenters.